The quantitative estimate of drug-likeness (QED) is 0.627. The summed E-state index contributed by atoms with van der Waals surface area (Å²) in [6.07, 6.45) is -0.986. The smallest absolute Gasteiger partial charge is 0.119 e. The summed E-state index contributed by atoms with van der Waals surface area (Å²) in [5.41, 5.74) is 6.56. The van der Waals surface area contributed by atoms with Gasteiger partial charge < -0.3 is 25.6 Å². The fourth-order valence-electron chi connectivity index (χ4n) is 1.85. The minimum Gasteiger partial charge on any atom is -0.491 e. The first-order chi connectivity index (χ1) is 9.01. The van der Waals surface area contributed by atoms with Crippen molar-refractivity contribution in [2.45, 2.75) is 25.7 Å². The Morgan fingerprint density at radius 1 is 1.21 bits per heavy atom. The Kier molecular flexibility index (Phi) is 6.80. The molecule has 5 heteroatoms. The van der Waals surface area contributed by atoms with Crippen molar-refractivity contribution < 1.29 is 14.9 Å². The van der Waals surface area contributed by atoms with Crippen LogP contribution in [0.4, 0.5) is 0 Å². The van der Waals surface area contributed by atoms with E-state index in [2.05, 4.69) is 0 Å². The normalized spacial score (nSPS) is 14.4. The van der Waals surface area contributed by atoms with Crippen molar-refractivity contribution in [2.24, 2.45) is 5.73 Å². The van der Waals surface area contributed by atoms with Gasteiger partial charge in [-0.1, -0.05) is 12.1 Å². The molecule has 1 rings (SSSR count). The van der Waals surface area contributed by atoms with Gasteiger partial charge in [0.15, 0.2) is 0 Å². The molecule has 0 aromatic heterocycles. The Labute approximate surface area is 114 Å². The van der Waals surface area contributed by atoms with Crippen molar-refractivity contribution in [3.63, 3.8) is 0 Å². The van der Waals surface area contributed by atoms with E-state index in [1.54, 1.807) is 6.92 Å². The number of aliphatic hydroxyl groups excluding tert-OH is 2. The topological polar surface area (TPSA) is 79.0 Å². The third kappa shape index (κ3) is 6.54. The summed E-state index contributed by atoms with van der Waals surface area (Å²) in [5.74, 6) is 0.717. The Morgan fingerprint density at radius 3 is 2.37 bits per heavy atom. The molecule has 4 N–H and O–H groups in total. The summed E-state index contributed by atoms with van der Waals surface area (Å²) in [6.45, 7) is 3.45. The molecular formula is C14H24N2O3. The summed E-state index contributed by atoms with van der Waals surface area (Å²) >= 11 is 0. The zero-order valence-electron chi connectivity index (χ0n) is 11.6. The minimum atomic E-state index is -0.585. The average Bonchev–Trinajstić information content (AvgIpc) is 2.36. The molecule has 1 aromatic carbocycles. The highest BCUT2D eigenvalue weighted by molar-refractivity contribution is 5.27. The second-order valence-corrected chi connectivity index (χ2v) is 4.88. The number of nitrogens with two attached hydrogens (primary N) is 1. The molecule has 108 valence electrons. The largest absolute Gasteiger partial charge is 0.491 e. The van der Waals surface area contributed by atoms with Gasteiger partial charge in [0.05, 0.1) is 6.10 Å². The number of ether oxygens (including phenoxy) is 1. The molecule has 0 aliphatic rings. The maximum Gasteiger partial charge on any atom is 0.119 e. The first-order valence-corrected chi connectivity index (χ1v) is 6.47. The lowest BCUT2D eigenvalue weighted by Crippen LogP contribution is -2.36. The molecule has 0 heterocycles. The summed E-state index contributed by atoms with van der Waals surface area (Å²) in [4.78, 5) is 1.87. The van der Waals surface area contributed by atoms with E-state index in [-0.39, 0.29) is 6.61 Å². The Balaban J connectivity index is 2.30. The number of benzene rings is 1. The van der Waals surface area contributed by atoms with Gasteiger partial charge in [0.2, 0.25) is 0 Å². The lowest BCUT2D eigenvalue weighted by Gasteiger charge is -2.21. The van der Waals surface area contributed by atoms with Crippen molar-refractivity contribution >= 4 is 0 Å². The molecule has 5 nitrogen and oxygen atoms in total. The van der Waals surface area contributed by atoms with Gasteiger partial charge >= 0.3 is 0 Å². The van der Waals surface area contributed by atoms with Crippen LogP contribution in [0.1, 0.15) is 12.5 Å². The molecule has 2 unspecified atom stereocenters. The Morgan fingerprint density at radius 2 is 1.84 bits per heavy atom. The van der Waals surface area contributed by atoms with Gasteiger partial charge in [0.25, 0.3) is 0 Å². The van der Waals surface area contributed by atoms with E-state index >= 15 is 0 Å². The van der Waals surface area contributed by atoms with E-state index in [0.717, 1.165) is 11.3 Å². The summed E-state index contributed by atoms with van der Waals surface area (Å²) in [6, 6.07) is 7.49. The SMILES string of the molecule is CC(O)CN(C)CC(O)COc1ccc(CN)cc1. The molecule has 1 aromatic rings. The van der Waals surface area contributed by atoms with Gasteiger partial charge in [-0.05, 0) is 31.7 Å². The maximum atomic E-state index is 9.83. The van der Waals surface area contributed by atoms with Crippen LogP contribution >= 0.6 is 0 Å². The van der Waals surface area contributed by atoms with Crippen LogP contribution in [-0.4, -0.2) is 54.1 Å². The summed E-state index contributed by atoms with van der Waals surface area (Å²) < 4.78 is 5.49. The molecule has 19 heavy (non-hydrogen) atoms. The van der Waals surface area contributed by atoms with Gasteiger partial charge in [-0.3, -0.25) is 0 Å². The molecule has 0 aliphatic carbocycles. The van der Waals surface area contributed by atoms with Gasteiger partial charge in [-0.2, -0.15) is 0 Å². The number of likely N-dealkylation sites (N-methyl/N-ethyl adjacent to an activating group) is 1. The Bertz CT molecular complexity index is 354. The zero-order chi connectivity index (χ0) is 14.3. The summed E-state index contributed by atoms with van der Waals surface area (Å²) in [5, 5.41) is 19.1. The predicted molar refractivity (Wildman–Crippen MR) is 75.0 cm³/mol. The standard InChI is InChI=1S/C14H24N2O3/c1-11(17)8-16(2)9-13(18)10-19-14-5-3-12(7-15)4-6-14/h3-6,11,13,17-18H,7-10,15H2,1-2H3. The zero-order valence-corrected chi connectivity index (χ0v) is 11.6. The second kappa shape index (κ2) is 8.12. The van der Waals surface area contributed by atoms with E-state index in [4.69, 9.17) is 10.5 Å². The lowest BCUT2D eigenvalue weighted by atomic mass is 10.2. The van der Waals surface area contributed by atoms with E-state index in [1.807, 2.05) is 36.2 Å². The lowest BCUT2D eigenvalue weighted by molar-refractivity contribution is 0.0598. The van der Waals surface area contributed by atoms with Crippen molar-refractivity contribution in [3.8, 4) is 5.75 Å². The first-order valence-electron chi connectivity index (χ1n) is 6.47. The average molecular weight is 268 g/mol. The van der Waals surface area contributed by atoms with Gasteiger partial charge in [0.1, 0.15) is 18.5 Å². The van der Waals surface area contributed by atoms with Crippen molar-refractivity contribution in [1.82, 2.24) is 4.90 Å². The molecular weight excluding hydrogens is 244 g/mol. The van der Waals surface area contributed by atoms with Crippen LogP contribution in [0.25, 0.3) is 0 Å². The molecule has 0 radical (unpaired) electrons. The number of nitrogens with zero attached hydrogens (tertiary/aromatic N) is 1. The number of rotatable bonds is 8. The molecule has 0 spiro atoms. The molecule has 0 aliphatic heterocycles. The van der Waals surface area contributed by atoms with Crippen LogP contribution in [-0.2, 0) is 6.54 Å². The van der Waals surface area contributed by atoms with E-state index < -0.39 is 12.2 Å². The van der Waals surface area contributed by atoms with E-state index in [0.29, 0.717) is 19.6 Å². The highest BCUT2D eigenvalue weighted by atomic mass is 16.5. The van der Waals surface area contributed by atoms with E-state index in [9.17, 15) is 10.2 Å². The third-order valence-corrected chi connectivity index (χ3v) is 2.70. The monoisotopic (exact) mass is 268 g/mol. The molecule has 0 amide bonds. The summed E-state index contributed by atoms with van der Waals surface area (Å²) in [7, 11) is 1.85. The first kappa shape index (κ1) is 15.9. The van der Waals surface area contributed by atoms with Gasteiger partial charge in [-0.25, -0.2) is 0 Å². The number of aliphatic hydroxyl groups is 2. The third-order valence-electron chi connectivity index (χ3n) is 2.70. The Hall–Kier alpha value is -1.14. The number of hydrogen-bond acceptors (Lipinski definition) is 5. The molecule has 0 saturated carbocycles. The highest BCUT2D eigenvalue weighted by Gasteiger charge is 2.10. The second-order valence-electron chi connectivity index (χ2n) is 4.88. The van der Waals surface area contributed by atoms with Gasteiger partial charge in [-0.15, -0.1) is 0 Å². The van der Waals surface area contributed by atoms with Crippen molar-refractivity contribution in [3.05, 3.63) is 29.8 Å². The fourth-order valence-corrected chi connectivity index (χ4v) is 1.85. The van der Waals surface area contributed by atoms with Crippen LogP contribution in [0.2, 0.25) is 0 Å². The van der Waals surface area contributed by atoms with Gasteiger partial charge in [0, 0.05) is 19.6 Å². The minimum absolute atomic E-state index is 0.228. The predicted octanol–water partition coefficient (Wildman–Crippen LogP) is 0.198. The van der Waals surface area contributed by atoms with Crippen LogP contribution in [0.5, 0.6) is 5.75 Å². The van der Waals surface area contributed by atoms with E-state index in [1.165, 1.54) is 0 Å². The molecule has 0 bridgehead atoms. The fraction of sp³-hybridized carbons (Fsp3) is 0.571. The van der Waals surface area contributed by atoms with Crippen LogP contribution in [0, 0.1) is 0 Å². The maximum absolute atomic E-state index is 9.83. The van der Waals surface area contributed by atoms with Crippen molar-refractivity contribution in [2.75, 3.05) is 26.7 Å². The molecule has 0 fully saturated rings. The number of hydrogen-bond donors (Lipinski definition) is 3. The van der Waals surface area contributed by atoms with Crippen LogP contribution in [0.15, 0.2) is 24.3 Å². The van der Waals surface area contributed by atoms with Crippen molar-refractivity contribution in [1.29, 1.82) is 0 Å². The highest BCUT2D eigenvalue weighted by Crippen LogP contribution is 2.12. The molecule has 2 atom stereocenters. The van der Waals surface area contributed by atoms with Crippen LogP contribution < -0.4 is 10.5 Å². The van der Waals surface area contributed by atoms with Crippen LogP contribution in [0.3, 0.4) is 0 Å². The molecule has 0 saturated heterocycles.